The predicted molar refractivity (Wildman–Crippen MR) is 88.1 cm³/mol. The molecule has 2 rings (SSSR count). The van der Waals surface area contributed by atoms with Gasteiger partial charge in [-0.25, -0.2) is 18.0 Å². The molecule has 0 unspecified atom stereocenters. The summed E-state index contributed by atoms with van der Waals surface area (Å²) in [6.45, 7) is 1.67. The van der Waals surface area contributed by atoms with Crippen molar-refractivity contribution in [2.75, 3.05) is 4.42 Å². The van der Waals surface area contributed by atoms with Crippen LogP contribution in [0.1, 0.15) is 21.5 Å². The fourth-order valence-corrected chi connectivity index (χ4v) is 2.78. The highest BCUT2D eigenvalue weighted by Gasteiger charge is 2.26. The van der Waals surface area contributed by atoms with E-state index in [9.17, 15) is 18.7 Å². The average Bonchev–Trinajstić information content (AvgIpc) is 2.51. The normalized spacial score (nSPS) is 10.3. The van der Waals surface area contributed by atoms with E-state index in [4.69, 9.17) is 18.2 Å². The molecular formula is C16H9BrClF2NO2. The second-order valence-electron chi connectivity index (χ2n) is 4.61. The van der Waals surface area contributed by atoms with Crippen molar-refractivity contribution in [3.63, 3.8) is 0 Å². The number of hydrogen-bond acceptors (Lipinski definition) is 2. The molecule has 0 saturated carbocycles. The third-order valence-corrected chi connectivity index (χ3v) is 4.07. The van der Waals surface area contributed by atoms with Crippen molar-refractivity contribution in [3.05, 3.63) is 57.1 Å². The van der Waals surface area contributed by atoms with E-state index in [-0.39, 0.29) is 10.2 Å². The number of aryl methyl sites for hydroxylation is 1. The Balaban J connectivity index is 2.68. The highest BCUT2D eigenvalue weighted by molar-refractivity contribution is 9.10. The van der Waals surface area contributed by atoms with Gasteiger partial charge in [-0.2, -0.15) is 0 Å². The first-order valence-corrected chi connectivity index (χ1v) is 7.35. The number of terminal acetylenes is 1. The number of benzene rings is 2. The van der Waals surface area contributed by atoms with Gasteiger partial charge >= 0.3 is 5.97 Å². The maximum absolute atomic E-state index is 14.3. The van der Waals surface area contributed by atoms with E-state index in [0.717, 1.165) is 10.5 Å². The van der Waals surface area contributed by atoms with Gasteiger partial charge in [-0.05, 0) is 52.7 Å². The molecule has 0 aliphatic carbocycles. The molecule has 0 atom stereocenters. The van der Waals surface area contributed by atoms with Crippen LogP contribution >= 0.6 is 27.7 Å². The van der Waals surface area contributed by atoms with Gasteiger partial charge in [0.1, 0.15) is 5.69 Å². The highest BCUT2D eigenvalue weighted by atomic mass is 79.9. The predicted octanol–water partition coefficient (Wildman–Crippen LogP) is 5.01. The molecule has 0 aliphatic rings. The van der Waals surface area contributed by atoms with Crippen LogP contribution in [-0.4, -0.2) is 11.1 Å². The summed E-state index contributed by atoms with van der Waals surface area (Å²) in [5.41, 5.74) is 0.378. The van der Waals surface area contributed by atoms with Crippen molar-refractivity contribution < 1.29 is 18.7 Å². The number of halogens is 4. The SMILES string of the molecule is C#Cc1ccc(N(Cl)c2c(C(=O)O)cc(Br)c(F)c2F)c(C)c1. The summed E-state index contributed by atoms with van der Waals surface area (Å²) < 4.78 is 28.5. The Labute approximate surface area is 144 Å². The van der Waals surface area contributed by atoms with Gasteiger partial charge in [0.05, 0.1) is 15.7 Å². The summed E-state index contributed by atoms with van der Waals surface area (Å²) in [7, 11) is 0. The van der Waals surface area contributed by atoms with E-state index in [1.165, 1.54) is 6.07 Å². The maximum Gasteiger partial charge on any atom is 0.338 e. The Hall–Kier alpha value is -2.10. The molecule has 118 valence electrons. The van der Waals surface area contributed by atoms with Gasteiger partial charge < -0.3 is 5.11 Å². The molecule has 0 aliphatic heterocycles. The van der Waals surface area contributed by atoms with E-state index < -0.39 is 28.9 Å². The largest absolute Gasteiger partial charge is 0.478 e. The van der Waals surface area contributed by atoms with E-state index in [1.807, 2.05) is 0 Å². The van der Waals surface area contributed by atoms with E-state index in [1.54, 1.807) is 19.1 Å². The number of aromatic carboxylic acids is 1. The van der Waals surface area contributed by atoms with Crippen molar-refractivity contribution >= 4 is 45.1 Å². The summed E-state index contributed by atoms with van der Waals surface area (Å²) in [5, 5.41) is 9.23. The smallest absolute Gasteiger partial charge is 0.338 e. The Morgan fingerprint density at radius 1 is 1.35 bits per heavy atom. The fourth-order valence-electron chi connectivity index (χ4n) is 2.03. The minimum Gasteiger partial charge on any atom is -0.478 e. The number of carboxylic acid groups (broad SMARTS) is 1. The van der Waals surface area contributed by atoms with Crippen LogP contribution in [-0.2, 0) is 0 Å². The lowest BCUT2D eigenvalue weighted by molar-refractivity contribution is 0.0697. The second-order valence-corrected chi connectivity index (χ2v) is 5.81. The summed E-state index contributed by atoms with van der Waals surface area (Å²) in [6.07, 6.45) is 5.29. The minimum absolute atomic E-state index is 0.286. The van der Waals surface area contributed by atoms with Crippen LogP contribution in [0.25, 0.3) is 0 Å². The van der Waals surface area contributed by atoms with Gasteiger partial charge in [0.15, 0.2) is 11.6 Å². The Morgan fingerprint density at radius 2 is 2.00 bits per heavy atom. The summed E-state index contributed by atoms with van der Waals surface area (Å²) in [6, 6.07) is 5.64. The molecular weight excluding hydrogens is 392 g/mol. The number of anilines is 2. The van der Waals surface area contributed by atoms with E-state index >= 15 is 0 Å². The molecule has 2 aromatic rings. The highest BCUT2D eigenvalue weighted by Crippen LogP contribution is 2.38. The van der Waals surface area contributed by atoms with Crippen LogP contribution in [0.5, 0.6) is 0 Å². The summed E-state index contributed by atoms with van der Waals surface area (Å²) >= 11 is 8.88. The summed E-state index contributed by atoms with van der Waals surface area (Å²) in [4.78, 5) is 11.3. The molecule has 0 bridgehead atoms. The van der Waals surface area contributed by atoms with Crippen LogP contribution in [0.4, 0.5) is 20.2 Å². The number of carboxylic acids is 1. The molecule has 1 N–H and O–H groups in total. The minimum atomic E-state index is -1.44. The zero-order chi connectivity index (χ0) is 17.3. The van der Waals surface area contributed by atoms with Crippen LogP contribution in [0.15, 0.2) is 28.7 Å². The van der Waals surface area contributed by atoms with Gasteiger partial charge in [-0.3, -0.25) is 0 Å². The molecule has 0 amide bonds. The molecule has 0 aromatic heterocycles. The zero-order valence-electron chi connectivity index (χ0n) is 11.7. The number of nitrogens with zero attached hydrogens (tertiary/aromatic N) is 1. The first kappa shape index (κ1) is 17.3. The van der Waals surface area contributed by atoms with Gasteiger partial charge in [-0.1, -0.05) is 5.92 Å². The Kier molecular flexibility index (Phi) is 4.93. The molecule has 0 radical (unpaired) electrons. The van der Waals surface area contributed by atoms with E-state index in [0.29, 0.717) is 11.1 Å². The number of carbonyl (C=O) groups is 1. The van der Waals surface area contributed by atoms with Crippen LogP contribution in [0.2, 0.25) is 0 Å². The lowest BCUT2D eigenvalue weighted by Crippen LogP contribution is -2.13. The third kappa shape index (κ3) is 3.16. The lowest BCUT2D eigenvalue weighted by Gasteiger charge is -2.21. The quantitative estimate of drug-likeness (QED) is 0.447. The van der Waals surface area contributed by atoms with Crippen LogP contribution in [0.3, 0.4) is 0 Å². The Morgan fingerprint density at radius 3 is 2.52 bits per heavy atom. The average molecular weight is 401 g/mol. The fraction of sp³-hybridized carbons (Fsp3) is 0.0625. The van der Waals surface area contributed by atoms with Crippen molar-refractivity contribution in [1.29, 1.82) is 0 Å². The Bertz CT molecular complexity index is 849. The number of rotatable bonds is 3. The maximum atomic E-state index is 14.3. The topological polar surface area (TPSA) is 40.5 Å². The van der Waals surface area contributed by atoms with Crippen molar-refractivity contribution in [3.8, 4) is 12.3 Å². The summed E-state index contributed by atoms with van der Waals surface area (Å²) in [5.74, 6) is -1.60. The lowest BCUT2D eigenvalue weighted by atomic mass is 10.1. The first-order valence-electron chi connectivity index (χ1n) is 6.21. The first-order chi connectivity index (χ1) is 10.8. The van der Waals surface area contributed by atoms with Gasteiger partial charge in [0.25, 0.3) is 0 Å². The molecule has 3 nitrogen and oxygen atoms in total. The van der Waals surface area contributed by atoms with Crippen molar-refractivity contribution in [1.82, 2.24) is 0 Å². The van der Waals surface area contributed by atoms with Crippen molar-refractivity contribution in [2.45, 2.75) is 6.92 Å². The van der Waals surface area contributed by atoms with Crippen LogP contribution < -0.4 is 4.42 Å². The number of hydrogen-bond donors (Lipinski definition) is 1. The monoisotopic (exact) mass is 399 g/mol. The molecule has 23 heavy (non-hydrogen) atoms. The molecule has 0 fully saturated rings. The standard InChI is InChI=1S/C16H9BrClF2NO2/c1-3-9-4-5-12(8(2)6-9)21(18)15-10(16(22)23)7-11(17)13(19)14(15)20/h1,4-7H,2H3,(H,22,23). The third-order valence-electron chi connectivity index (χ3n) is 3.14. The molecule has 0 spiro atoms. The van der Waals surface area contributed by atoms with Gasteiger partial charge in [0.2, 0.25) is 0 Å². The molecule has 2 aromatic carbocycles. The second kappa shape index (κ2) is 6.57. The molecule has 0 saturated heterocycles. The molecule has 0 heterocycles. The van der Waals surface area contributed by atoms with Gasteiger partial charge in [-0.15, -0.1) is 6.42 Å². The van der Waals surface area contributed by atoms with Crippen molar-refractivity contribution in [2.24, 2.45) is 0 Å². The zero-order valence-corrected chi connectivity index (χ0v) is 14.0. The molecule has 7 heteroatoms. The van der Waals surface area contributed by atoms with Crippen LogP contribution in [0, 0.1) is 30.9 Å². The van der Waals surface area contributed by atoms with Gasteiger partial charge in [0, 0.05) is 17.3 Å². The van der Waals surface area contributed by atoms with E-state index in [2.05, 4.69) is 21.9 Å².